The molecule has 6 nitrogen and oxygen atoms in total. The molecule has 0 unspecified atom stereocenters. The van der Waals surface area contributed by atoms with Gasteiger partial charge in [0.1, 0.15) is 22.8 Å². The number of H-pyrrole nitrogens is 1. The van der Waals surface area contributed by atoms with Crippen LogP contribution in [0.4, 0.5) is 23.2 Å². The number of halogens is 4. The summed E-state index contributed by atoms with van der Waals surface area (Å²) in [5.41, 5.74) is 1.00. The predicted octanol–water partition coefficient (Wildman–Crippen LogP) is 5.45. The van der Waals surface area contributed by atoms with Crippen LogP contribution in [0.15, 0.2) is 67.1 Å². The van der Waals surface area contributed by atoms with Crippen LogP contribution in [0.3, 0.4) is 0 Å². The molecular weight excluding hydrogens is 450 g/mol. The smallest absolute Gasteiger partial charge is 0.336 e. The van der Waals surface area contributed by atoms with Crippen LogP contribution in [0.5, 0.6) is 0 Å². The molecule has 1 N–H and O–H groups in total. The number of carbonyl (C=O) groups excluding carboxylic acids is 1. The van der Waals surface area contributed by atoms with Gasteiger partial charge < -0.3 is 14.5 Å². The summed E-state index contributed by atoms with van der Waals surface area (Å²) in [5.74, 6) is -0.969. The fraction of sp³-hybridized carbons (Fsp3) is 0.125. The van der Waals surface area contributed by atoms with Crippen molar-refractivity contribution in [1.82, 2.24) is 19.5 Å². The van der Waals surface area contributed by atoms with Gasteiger partial charge in [-0.15, -0.1) is 0 Å². The summed E-state index contributed by atoms with van der Waals surface area (Å²) in [6.07, 6.45) is -0.475. The van der Waals surface area contributed by atoms with Gasteiger partial charge >= 0.3 is 6.18 Å². The van der Waals surface area contributed by atoms with E-state index in [9.17, 15) is 22.4 Å². The molecule has 0 saturated carbocycles. The van der Waals surface area contributed by atoms with E-state index in [1.54, 1.807) is 12.1 Å². The summed E-state index contributed by atoms with van der Waals surface area (Å²) in [6.45, 7) is 0.0210. The lowest BCUT2D eigenvalue weighted by atomic mass is 10.1. The molecule has 0 fully saturated rings. The van der Waals surface area contributed by atoms with Crippen LogP contribution in [0.25, 0.3) is 22.1 Å². The summed E-state index contributed by atoms with van der Waals surface area (Å²) in [6, 6.07) is 11.7. The molecule has 4 aromatic heterocycles. The zero-order chi connectivity index (χ0) is 24.0. The minimum Gasteiger partial charge on any atom is -0.336 e. The molecule has 1 amide bonds. The number of aromatic nitrogens is 4. The van der Waals surface area contributed by atoms with Gasteiger partial charge in [0.2, 0.25) is 0 Å². The summed E-state index contributed by atoms with van der Waals surface area (Å²) in [7, 11) is 1.84. The van der Waals surface area contributed by atoms with E-state index in [0.29, 0.717) is 17.4 Å². The molecule has 0 radical (unpaired) electrons. The first kappa shape index (κ1) is 21.6. The monoisotopic (exact) mass is 467 g/mol. The largest absolute Gasteiger partial charge is 0.417 e. The van der Waals surface area contributed by atoms with Gasteiger partial charge in [-0.05, 0) is 42.0 Å². The van der Waals surface area contributed by atoms with Gasteiger partial charge in [0.15, 0.2) is 0 Å². The Balaban J connectivity index is 1.57. The Labute approximate surface area is 190 Å². The maximum atomic E-state index is 13.8. The van der Waals surface area contributed by atoms with Crippen molar-refractivity contribution in [3.8, 4) is 0 Å². The van der Waals surface area contributed by atoms with Crippen molar-refractivity contribution in [2.45, 2.75) is 12.7 Å². The second-order valence-corrected chi connectivity index (χ2v) is 7.90. The number of rotatable bonds is 4. The normalized spacial score (nSPS) is 11.9. The first-order valence-corrected chi connectivity index (χ1v) is 10.2. The number of hydrogen-bond acceptors (Lipinski definition) is 3. The maximum Gasteiger partial charge on any atom is 0.417 e. The maximum absolute atomic E-state index is 13.8. The van der Waals surface area contributed by atoms with Gasteiger partial charge in [-0.3, -0.25) is 4.79 Å². The van der Waals surface area contributed by atoms with E-state index in [2.05, 4.69) is 15.0 Å². The highest BCUT2D eigenvalue weighted by Crippen LogP contribution is 2.31. The van der Waals surface area contributed by atoms with Crippen molar-refractivity contribution in [1.29, 1.82) is 0 Å². The van der Waals surface area contributed by atoms with E-state index in [4.69, 9.17) is 0 Å². The predicted molar refractivity (Wildman–Crippen MR) is 119 cm³/mol. The van der Waals surface area contributed by atoms with Gasteiger partial charge in [0.25, 0.3) is 5.91 Å². The van der Waals surface area contributed by atoms with Gasteiger partial charge in [0.05, 0.1) is 24.0 Å². The third-order valence-electron chi connectivity index (χ3n) is 5.51. The third-order valence-corrected chi connectivity index (χ3v) is 5.51. The minimum absolute atomic E-state index is 0.0210. The number of nitrogens with one attached hydrogen (secondary N) is 1. The van der Waals surface area contributed by atoms with E-state index in [1.807, 2.05) is 23.9 Å². The molecule has 0 aliphatic carbocycles. The number of anilines is 1. The lowest BCUT2D eigenvalue weighted by Crippen LogP contribution is -2.30. The average Bonchev–Trinajstić information content (AvgIpc) is 3.39. The van der Waals surface area contributed by atoms with Crippen LogP contribution in [-0.2, 0) is 19.8 Å². The van der Waals surface area contributed by atoms with Gasteiger partial charge in [-0.1, -0.05) is 12.1 Å². The molecule has 0 aliphatic heterocycles. The fourth-order valence-corrected chi connectivity index (χ4v) is 3.82. The van der Waals surface area contributed by atoms with Crippen LogP contribution in [0, 0.1) is 5.82 Å². The number of benzene rings is 1. The number of alkyl halides is 3. The van der Waals surface area contributed by atoms with E-state index in [1.165, 1.54) is 35.4 Å². The Kier molecular flexibility index (Phi) is 5.07. The first-order chi connectivity index (χ1) is 16.2. The van der Waals surface area contributed by atoms with Gasteiger partial charge in [0, 0.05) is 30.2 Å². The van der Waals surface area contributed by atoms with Crippen molar-refractivity contribution in [3.05, 3.63) is 89.8 Å². The van der Waals surface area contributed by atoms with Crippen LogP contribution in [0.2, 0.25) is 0 Å². The number of hydrogen-bond donors (Lipinski definition) is 1. The molecule has 0 spiro atoms. The Morgan fingerprint density at radius 2 is 1.88 bits per heavy atom. The summed E-state index contributed by atoms with van der Waals surface area (Å²) in [4.78, 5) is 26.0. The molecule has 4 heterocycles. The molecule has 1 aromatic carbocycles. The van der Waals surface area contributed by atoms with E-state index >= 15 is 0 Å². The molecule has 5 rings (SSSR count). The van der Waals surface area contributed by atoms with Crippen molar-refractivity contribution in [3.63, 3.8) is 0 Å². The Morgan fingerprint density at radius 1 is 1.06 bits per heavy atom. The van der Waals surface area contributed by atoms with Crippen LogP contribution >= 0.6 is 0 Å². The molecule has 34 heavy (non-hydrogen) atoms. The van der Waals surface area contributed by atoms with Crippen molar-refractivity contribution >= 4 is 33.7 Å². The summed E-state index contributed by atoms with van der Waals surface area (Å²) >= 11 is 0. The Morgan fingerprint density at radius 3 is 2.65 bits per heavy atom. The molecule has 0 atom stereocenters. The number of nitrogens with zero attached hydrogens (tertiary/aromatic N) is 4. The third kappa shape index (κ3) is 3.98. The second kappa shape index (κ2) is 7.98. The molecule has 0 aliphatic rings. The molecule has 10 heteroatoms. The number of aromatic amines is 1. The van der Waals surface area contributed by atoms with E-state index in [0.717, 1.165) is 17.1 Å². The zero-order valence-electron chi connectivity index (χ0n) is 17.8. The number of fused-ring (bicyclic) bond motifs is 2. The van der Waals surface area contributed by atoms with Crippen molar-refractivity contribution in [2.75, 3.05) is 4.90 Å². The minimum atomic E-state index is -4.55. The number of amides is 1. The zero-order valence-corrected chi connectivity index (χ0v) is 17.8. The summed E-state index contributed by atoms with van der Waals surface area (Å²) < 4.78 is 54.8. The quantitative estimate of drug-likeness (QED) is 0.357. The topological polar surface area (TPSA) is 66.8 Å². The highest BCUT2D eigenvalue weighted by Gasteiger charge is 2.31. The Bertz CT molecular complexity index is 1540. The van der Waals surface area contributed by atoms with Gasteiger partial charge in [-0.2, -0.15) is 13.2 Å². The van der Waals surface area contributed by atoms with Crippen LogP contribution in [0.1, 0.15) is 21.6 Å². The van der Waals surface area contributed by atoms with E-state index in [-0.39, 0.29) is 23.3 Å². The average molecular weight is 467 g/mol. The number of pyridine rings is 2. The highest BCUT2D eigenvalue weighted by molar-refractivity contribution is 6.07. The highest BCUT2D eigenvalue weighted by atomic mass is 19.4. The van der Waals surface area contributed by atoms with Crippen LogP contribution < -0.4 is 4.90 Å². The standard InChI is InChI=1S/C24H17F4N5O/c1-32-6-5-15-9-19(12-30-22(15)32)33(13-14-3-2-4-18(25)7-14)23(34)20-10-16-8-17(24(26,27)28)11-29-21(16)31-20/h2-12H,13H2,1H3,(H,29,31). The molecule has 0 saturated heterocycles. The van der Waals surface area contributed by atoms with Crippen LogP contribution in [-0.4, -0.2) is 25.4 Å². The second-order valence-electron chi connectivity index (χ2n) is 7.90. The fourth-order valence-electron chi connectivity index (χ4n) is 3.82. The van der Waals surface area contributed by atoms with Crippen molar-refractivity contribution < 1.29 is 22.4 Å². The van der Waals surface area contributed by atoms with E-state index < -0.39 is 23.5 Å². The summed E-state index contributed by atoms with van der Waals surface area (Å²) in [5, 5.41) is 0.950. The first-order valence-electron chi connectivity index (χ1n) is 10.2. The van der Waals surface area contributed by atoms with Gasteiger partial charge in [-0.25, -0.2) is 14.4 Å². The number of carbonyl (C=O) groups is 1. The molecular formula is C24H17F4N5O. The molecule has 172 valence electrons. The lowest BCUT2D eigenvalue weighted by molar-refractivity contribution is -0.137. The number of aryl methyl sites for hydroxylation is 1. The lowest BCUT2D eigenvalue weighted by Gasteiger charge is -2.22. The van der Waals surface area contributed by atoms with Crippen molar-refractivity contribution in [2.24, 2.45) is 7.05 Å². The Hall–Kier alpha value is -4.21. The SMILES string of the molecule is Cn1ccc2cc(N(Cc3cccc(F)c3)C(=O)c3cc4cc(C(F)(F)F)cnc4[nH]3)cnc21. The molecule has 5 aromatic rings. The molecule has 0 bridgehead atoms.